The van der Waals surface area contributed by atoms with Gasteiger partial charge in [-0.2, -0.15) is 10.2 Å². The van der Waals surface area contributed by atoms with E-state index in [4.69, 9.17) is 39.5 Å². The highest BCUT2D eigenvalue weighted by Crippen LogP contribution is 2.23. The van der Waals surface area contributed by atoms with Gasteiger partial charge in [0.25, 0.3) is 5.56 Å². The van der Waals surface area contributed by atoms with E-state index in [-0.39, 0.29) is 5.02 Å². The van der Waals surface area contributed by atoms with Gasteiger partial charge in [0.1, 0.15) is 23.1 Å². The molecule has 2 aromatic carbocycles. The van der Waals surface area contributed by atoms with Crippen LogP contribution in [0.5, 0.6) is 5.75 Å². The molecule has 3 rings (SSSR count). The lowest BCUT2D eigenvalue weighted by Crippen LogP contribution is -2.10. The van der Waals surface area contributed by atoms with E-state index in [1.165, 1.54) is 6.20 Å². The maximum Gasteiger partial charge on any atom is 0.285 e. The molecule has 0 atom stereocenters. The van der Waals surface area contributed by atoms with Crippen LogP contribution < -0.4 is 15.7 Å². The number of H-pyrrole nitrogens is 1. The maximum atomic E-state index is 11.3. The molecule has 0 saturated carbocycles. The van der Waals surface area contributed by atoms with E-state index in [0.717, 1.165) is 11.1 Å². The molecular weight excluding hydrogens is 411 g/mol. The van der Waals surface area contributed by atoms with Crippen molar-refractivity contribution in [3.05, 3.63) is 85.2 Å². The van der Waals surface area contributed by atoms with Crippen LogP contribution in [-0.4, -0.2) is 16.4 Å². The zero-order valence-electron chi connectivity index (χ0n) is 13.7. The van der Waals surface area contributed by atoms with Crippen LogP contribution in [0, 0.1) is 0 Å². The van der Waals surface area contributed by atoms with Crippen molar-refractivity contribution in [3.8, 4) is 5.75 Å². The molecule has 0 amide bonds. The largest absolute Gasteiger partial charge is 0.489 e. The first-order valence-corrected chi connectivity index (χ1v) is 8.85. The quantitative estimate of drug-likeness (QED) is 0.443. The van der Waals surface area contributed by atoms with Crippen LogP contribution in [0.25, 0.3) is 0 Å². The van der Waals surface area contributed by atoms with Gasteiger partial charge >= 0.3 is 0 Å². The van der Waals surface area contributed by atoms with Gasteiger partial charge < -0.3 is 4.74 Å². The fourth-order valence-electron chi connectivity index (χ4n) is 2.09. The second-order valence-electron chi connectivity index (χ2n) is 5.39. The molecule has 0 saturated heterocycles. The van der Waals surface area contributed by atoms with Crippen LogP contribution in [0.3, 0.4) is 0 Å². The monoisotopic (exact) mass is 422 g/mol. The van der Waals surface area contributed by atoms with Gasteiger partial charge in [-0.3, -0.25) is 10.2 Å². The van der Waals surface area contributed by atoms with Gasteiger partial charge in [0.05, 0.1) is 12.4 Å². The first kappa shape index (κ1) is 19.2. The number of ether oxygens (including phenoxy) is 1. The molecule has 138 valence electrons. The average molecular weight is 424 g/mol. The minimum Gasteiger partial charge on any atom is -0.489 e. The summed E-state index contributed by atoms with van der Waals surface area (Å²) in [6, 6.07) is 12.6. The van der Waals surface area contributed by atoms with E-state index in [1.54, 1.807) is 18.3 Å². The zero-order valence-corrected chi connectivity index (χ0v) is 16.0. The van der Waals surface area contributed by atoms with Crippen LogP contribution >= 0.6 is 34.8 Å². The SMILES string of the molecule is O=c1[nH]ncc(N/N=C/c2ccc(OCc3ccc(Cl)cc3Cl)cc2)c1Cl. The minimum atomic E-state index is -0.487. The number of nitrogens with zero attached hydrogens (tertiary/aromatic N) is 2. The molecule has 0 aliphatic heterocycles. The Balaban J connectivity index is 1.58. The number of rotatable bonds is 6. The van der Waals surface area contributed by atoms with Gasteiger partial charge in [-0.15, -0.1) is 0 Å². The summed E-state index contributed by atoms with van der Waals surface area (Å²) in [5.74, 6) is 0.688. The lowest BCUT2D eigenvalue weighted by molar-refractivity contribution is 0.306. The van der Waals surface area contributed by atoms with E-state index in [2.05, 4.69) is 20.7 Å². The van der Waals surface area contributed by atoms with Crippen molar-refractivity contribution in [1.82, 2.24) is 10.2 Å². The summed E-state index contributed by atoms with van der Waals surface area (Å²) in [5, 5.41) is 11.0. The Morgan fingerprint density at radius 2 is 1.93 bits per heavy atom. The summed E-state index contributed by atoms with van der Waals surface area (Å²) in [6.45, 7) is 0.332. The number of aromatic amines is 1. The molecule has 0 spiro atoms. The Bertz CT molecular complexity index is 1020. The molecule has 0 aliphatic carbocycles. The molecule has 3 aromatic rings. The highest BCUT2D eigenvalue weighted by atomic mass is 35.5. The first-order valence-electron chi connectivity index (χ1n) is 7.72. The third-order valence-corrected chi connectivity index (χ3v) is 4.45. The van der Waals surface area contributed by atoms with Gasteiger partial charge in [0.2, 0.25) is 0 Å². The number of anilines is 1. The standard InChI is InChI=1S/C18H13Cl3N4O2/c19-13-4-3-12(15(20)7-13)10-27-14-5-1-11(2-6-14)8-22-24-16-9-23-25-18(26)17(16)21/h1-9H,10H2,(H2,24,25,26)/b22-8+. The lowest BCUT2D eigenvalue weighted by Gasteiger charge is -2.08. The Kier molecular flexibility index (Phi) is 6.34. The first-order chi connectivity index (χ1) is 13.0. The van der Waals surface area contributed by atoms with Gasteiger partial charge in [-0.25, -0.2) is 5.10 Å². The van der Waals surface area contributed by atoms with Gasteiger partial charge in [0.15, 0.2) is 0 Å². The van der Waals surface area contributed by atoms with E-state index in [9.17, 15) is 4.79 Å². The number of benzene rings is 2. The van der Waals surface area contributed by atoms with E-state index in [0.29, 0.717) is 28.1 Å². The number of aromatic nitrogens is 2. The molecule has 27 heavy (non-hydrogen) atoms. The number of halogens is 3. The molecule has 1 aromatic heterocycles. The third-order valence-electron chi connectivity index (χ3n) is 3.48. The molecule has 0 radical (unpaired) electrons. The van der Waals surface area contributed by atoms with E-state index >= 15 is 0 Å². The predicted molar refractivity (Wildman–Crippen MR) is 108 cm³/mol. The summed E-state index contributed by atoms with van der Waals surface area (Å²) < 4.78 is 5.72. The topological polar surface area (TPSA) is 79.4 Å². The van der Waals surface area contributed by atoms with E-state index in [1.807, 2.05) is 30.3 Å². The predicted octanol–water partition coefficient (Wildman–Crippen LogP) is 4.76. The molecule has 0 unspecified atom stereocenters. The zero-order chi connectivity index (χ0) is 19.2. The molecule has 1 heterocycles. The summed E-state index contributed by atoms with van der Waals surface area (Å²) >= 11 is 17.9. The van der Waals surface area contributed by atoms with Crippen molar-refractivity contribution in [3.63, 3.8) is 0 Å². The fourth-order valence-corrected chi connectivity index (χ4v) is 2.68. The molecule has 0 fully saturated rings. The van der Waals surface area contributed by atoms with Crippen molar-refractivity contribution < 1.29 is 4.74 Å². The number of hydrazone groups is 1. The average Bonchev–Trinajstić information content (AvgIpc) is 2.65. The van der Waals surface area contributed by atoms with Crippen LogP contribution in [0.2, 0.25) is 15.1 Å². The second kappa shape index (κ2) is 8.90. The minimum absolute atomic E-state index is 0.00763. The van der Waals surface area contributed by atoms with Crippen molar-refractivity contribution in [2.45, 2.75) is 6.61 Å². The Hall–Kier alpha value is -2.54. The molecule has 0 bridgehead atoms. The van der Waals surface area contributed by atoms with Crippen molar-refractivity contribution in [1.29, 1.82) is 0 Å². The van der Waals surface area contributed by atoms with Crippen LogP contribution in [0.1, 0.15) is 11.1 Å². The normalized spacial score (nSPS) is 10.9. The Morgan fingerprint density at radius 3 is 2.67 bits per heavy atom. The molecular formula is C18H13Cl3N4O2. The van der Waals surface area contributed by atoms with E-state index < -0.39 is 5.56 Å². The summed E-state index contributed by atoms with van der Waals surface area (Å²) in [4.78, 5) is 11.3. The van der Waals surface area contributed by atoms with Crippen LogP contribution in [0.15, 0.2) is 58.6 Å². The highest BCUT2D eigenvalue weighted by molar-refractivity contribution is 6.35. The smallest absolute Gasteiger partial charge is 0.285 e. The van der Waals surface area contributed by atoms with Crippen molar-refractivity contribution in [2.24, 2.45) is 5.10 Å². The number of hydrogen-bond acceptors (Lipinski definition) is 5. The fraction of sp³-hybridized carbons (Fsp3) is 0.0556. The summed E-state index contributed by atoms with van der Waals surface area (Å²) in [6.07, 6.45) is 2.96. The Labute approximate surface area is 169 Å². The van der Waals surface area contributed by atoms with Crippen LogP contribution in [0.4, 0.5) is 5.69 Å². The highest BCUT2D eigenvalue weighted by Gasteiger charge is 2.04. The van der Waals surface area contributed by atoms with Gasteiger partial charge in [-0.05, 0) is 42.0 Å². The maximum absolute atomic E-state index is 11.3. The van der Waals surface area contributed by atoms with Crippen molar-refractivity contribution in [2.75, 3.05) is 5.43 Å². The van der Waals surface area contributed by atoms with Crippen molar-refractivity contribution >= 4 is 46.7 Å². The lowest BCUT2D eigenvalue weighted by atomic mass is 10.2. The third kappa shape index (κ3) is 5.23. The molecule has 0 aliphatic rings. The number of hydrogen-bond donors (Lipinski definition) is 2. The van der Waals surface area contributed by atoms with Gasteiger partial charge in [0, 0.05) is 15.6 Å². The molecule has 9 heteroatoms. The Morgan fingerprint density at radius 1 is 1.15 bits per heavy atom. The second-order valence-corrected chi connectivity index (χ2v) is 6.61. The number of nitrogens with one attached hydrogen (secondary N) is 2. The van der Waals surface area contributed by atoms with Crippen LogP contribution in [-0.2, 0) is 6.61 Å². The summed E-state index contributed by atoms with van der Waals surface area (Å²) in [5.41, 5.74) is 4.18. The van der Waals surface area contributed by atoms with Gasteiger partial charge in [-0.1, -0.05) is 40.9 Å². The molecule has 6 nitrogen and oxygen atoms in total. The summed E-state index contributed by atoms with van der Waals surface area (Å²) in [7, 11) is 0. The molecule has 2 N–H and O–H groups in total.